The van der Waals surface area contributed by atoms with Gasteiger partial charge in [-0.15, -0.1) is 0 Å². The quantitative estimate of drug-likeness (QED) is 0.0580. The predicted octanol–water partition coefficient (Wildman–Crippen LogP) is 10.1. The number of aliphatic hydroxyl groups is 2. The van der Waals surface area contributed by atoms with E-state index < -0.39 is 12.1 Å². The molecule has 0 rings (SSSR count). The molecular formula is C36H69NO3. The molecule has 0 aromatic heterocycles. The maximum Gasteiger partial charge on any atom is 0.220 e. The Hall–Kier alpha value is -1.13. The first-order valence-corrected chi connectivity index (χ1v) is 17.6. The fraction of sp³-hybridized carbons (Fsp3) is 0.861. The monoisotopic (exact) mass is 564 g/mol. The van der Waals surface area contributed by atoms with Crippen LogP contribution < -0.4 is 5.32 Å². The Labute approximate surface area is 249 Å². The maximum atomic E-state index is 12.1. The minimum Gasteiger partial charge on any atom is -0.394 e. The van der Waals surface area contributed by atoms with Crippen LogP contribution in [0.1, 0.15) is 181 Å². The number of carbonyl (C=O) groups is 1. The van der Waals surface area contributed by atoms with Gasteiger partial charge in [0, 0.05) is 6.42 Å². The Morgan fingerprint density at radius 1 is 0.575 bits per heavy atom. The fourth-order valence-corrected chi connectivity index (χ4v) is 5.19. The summed E-state index contributed by atoms with van der Waals surface area (Å²) in [6, 6.07) is -0.630. The molecule has 40 heavy (non-hydrogen) atoms. The third kappa shape index (κ3) is 28.4. The lowest BCUT2D eigenvalue weighted by molar-refractivity contribution is -0.123. The number of amides is 1. The Morgan fingerprint density at radius 3 is 1.45 bits per heavy atom. The zero-order valence-corrected chi connectivity index (χ0v) is 26.9. The van der Waals surface area contributed by atoms with Gasteiger partial charge in [0.2, 0.25) is 5.91 Å². The molecule has 0 bridgehead atoms. The van der Waals surface area contributed by atoms with Gasteiger partial charge < -0.3 is 15.5 Å². The second kappa shape index (κ2) is 32.4. The molecule has 236 valence electrons. The van der Waals surface area contributed by atoms with Crippen LogP contribution in [-0.4, -0.2) is 34.9 Å². The van der Waals surface area contributed by atoms with Crippen LogP contribution in [0.5, 0.6) is 0 Å². The number of hydrogen-bond donors (Lipinski definition) is 3. The van der Waals surface area contributed by atoms with Crippen molar-refractivity contribution in [1.82, 2.24) is 5.32 Å². The second-order valence-corrected chi connectivity index (χ2v) is 11.9. The van der Waals surface area contributed by atoms with E-state index in [9.17, 15) is 15.0 Å². The summed E-state index contributed by atoms with van der Waals surface area (Å²) >= 11 is 0. The molecule has 0 aliphatic rings. The molecular weight excluding hydrogens is 494 g/mol. The number of hydrogen-bond acceptors (Lipinski definition) is 3. The van der Waals surface area contributed by atoms with Crippen molar-refractivity contribution in [1.29, 1.82) is 0 Å². The van der Waals surface area contributed by atoms with E-state index in [4.69, 9.17) is 0 Å². The minimum absolute atomic E-state index is 0.0877. The smallest absolute Gasteiger partial charge is 0.220 e. The lowest BCUT2D eigenvalue weighted by Gasteiger charge is -2.19. The Balaban J connectivity index is 3.53. The van der Waals surface area contributed by atoms with Gasteiger partial charge in [-0.2, -0.15) is 0 Å². The van der Waals surface area contributed by atoms with Crippen molar-refractivity contribution in [3.8, 4) is 0 Å². The van der Waals surface area contributed by atoms with Crippen LogP contribution in [0.3, 0.4) is 0 Å². The largest absolute Gasteiger partial charge is 0.394 e. The van der Waals surface area contributed by atoms with Crippen LogP contribution in [-0.2, 0) is 4.79 Å². The van der Waals surface area contributed by atoms with Gasteiger partial charge in [0.15, 0.2) is 0 Å². The van der Waals surface area contributed by atoms with Crippen LogP contribution in [0.25, 0.3) is 0 Å². The Bertz CT molecular complexity index is 574. The van der Waals surface area contributed by atoms with Crippen molar-refractivity contribution in [3.63, 3.8) is 0 Å². The summed E-state index contributed by atoms with van der Waals surface area (Å²) in [4.78, 5) is 12.1. The van der Waals surface area contributed by atoms with E-state index in [0.29, 0.717) is 6.42 Å². The number of allylic oxidation sites excluding steroid dienone is 3. The van der Waals surface area contributed by atoms with Gasteiger partial charge >= 0.3 is 0 Å². The van der Waals surface area contributed by atoms with E-state index in [1.54, 1.807) is 6.08 Å². The highest BCUT2D eigenvalue weighted by atomic mass is 16.3. The zero-order chi connectivity index (χ0) is 29.4. The summed E-state index contributed by atoms with van der Waals surface area (Å²) in [6.45, 7) is 4.20. The SMILES string of the molecule is CCCCCCCCCCCCCCCCCCC/C=C/CC/C=C/C(O)C(CO)NC(=O)CCCCCCC. The van der Waals surface area contributed by atoms with Gasteiger partial charge in [-0.1, -0.05) is 167 Å². The van der Waals surface area contributed by atoms with Crippen LogP contribution >= 0.6 is 0 Å². The molecule has 0 heterocycles. The molecule has 0 saturated carbocycles. The van der Waals surface area contributed by atoms with Crippen LogP contribution in [0, 0.1) is 0 Å². The predicted molar refractivity (Wildman–Crippen MR) is 175 cm³/mol. The highest BCUT2D eigenvalue weighted by molar-refractivity contribution is 5.76. The fourth-order valence-electron chi connectivity index (χ4n) is 5.19. The van der Waals surface area contributed by atoms with Crippen molar-refractivity contribution in [2.24, 2.45) is 0 Å². The third-order valence-corrected chi connectivity index (χ3v) is 7.94. The normalized spacial score (nSPS) is 13.4. The standard InChI is InChI=1S/C36H69NO3/c1-3-5-7-9-10-11-12-13-14-15-16-17-18-19-20-21-22-23-24-25-26-28-29-31-35(39)34(33-38)37-36(40)32-30-27-8-6-4-2/h24-25,29,31,34-35,38-39H,3-23,26-28,30,32-33H2,1-2H3,(H,37,40)/b25-24+,31-29+. The van der Waals surface area contributed by atoms with Crippen LogP contribution in [0.4, 0.5) is 0 Å². The molecule has 2 atom stereocenters. The highest BCUT2D eigenvalue weighted by Crippen LogP contribution is 2.14. The molecule has 0 aliphatic heterocycles. The Kier molecular flexibility index (Phi) is 31.5. The number of aliphatic hydroxyl groups excluding tert-OH is 2. The van der Waals surface area contributed by atoms with Crippen molar-refractivity contribution in [2.75, 3.05) is 6.61 Å². The molecule has 1 amide bonds. The van der Waals surface area contributed by atoms with Crippen LogP contribution in [0.15, 0.2) is 24.3 Å². The number of carbonyl (C=O) groups excluding carboxylic acids is 1. The lowest BCUT2D eigenvalue weighted by atomic mass is 10.0. The number of unbranched alkanes of at least 4 members (excludes halogenated alkanes) is 22. The summed E-state index contributed by atoms with van der Waals surface area (Å²) in [5.74, 6) is -0.0877. The van der Waals surface area contributed by atoms with E-state index in [0.717, 1.165) is 38.5 Å². The van der Waals surface area contributed by atoms with Gasteiger partial charge in [-0.3, -0.25) is 4.79 Å². The van der Waals surface area contributed by atoms with Crippen molar-refractivity contribution in [2.45, 2.75) is 193 Å². The van der Waals surface area contributed by atoms with Gasteiger partial charge in [0.1, 0.15) is 0 Å². The molecule has 0 aliphatic carbocycles. The number of rotatable bonds is 31. The van der Waals surface area contributed by atoms with E-state index in [-0.39, 0.29) is 12.5 Å². The summed E-state index contributed by atoms with van der Waals surface area (Å²) in [7, 11) is 0. The third-order valence-electron chi connectivity index (χ3n) is 7.94. The maximum absolute atomic E-state index is 12.1. The minimum atomic E-state index is -0.854. The van der Waals surface area contributed by atoms with Gasteiger partial charge in [-0.25, -0.2) is 0 Å². The number of nitrogens with one attached hydrogen (secondary N) is 1. The second-order valence-electron chi connectivity index (χ2n) is 11.9. The van der Waals surface area contributed by atoms with E-state index in [1.165, 1.54) is 122 Å². The summed E-state index contributed by atoms with van der Waals surface area (Å²) in [5.41, 5.74) is 0. The first-order valence-electron chi connectivity index (χ1n) is 17.6. The van der Waals surface area contributed by atoms with Gasteiger partial charge in [-0.05, 0) is 32.1 Å². The molecule has 0 aromatic carbocycles. The van der Waals surface area contributed by atoms with E-state index >= 15 is 0 Å². The molecule has 4 nitrogen and oxygen atoms in total. The van der Waals surface area contributed by atoms with Gasteiger partial charge in [0.05, 0.1) is 18.8 Å². The summed E-state index contributed by atoms with van der Waals surface area (Å²) < 4.78 is 0. The van der Waals surface area contributed by atoms with E-state index in [2.05, 4.69) is 31.3 Å². The molecule has 0 spiro atoms. The zero-order valence-electron chi connectivity index (χ0n) is 26.9. The molecule has 0 aromatic rings. The van der Waals surface area contributed by atoms with Gasteiger partial charge in [0.25, 0.3) is 0 Å². The van der Waals surface area contributed by atoms with Crippen LogP contribution in [0.2, 0.25) is 0 Å². The molecule has 2 unspecified atom stereocenters. The first-order chi connectivity index (χ1) is 19.7. The van der Waals surface area contributed by atoms with Crippen molar-refractivity contribution < 1.29 is 15.0 Å². The summed E-state index contributed by atoms with van der Waals surface area (Å²) in [6.07, 6.45) is 40.2. The molecule has 0 fully saturated rings. The lowest BCUT2D eigenvalue weighted by Crippen LogP contribution is -2.45. The average Bonchev–Trinajstić information content (AvgIpc) is 2.96. The molecule has 0 saturated heterocycles. The first kappa shape index (κ1) is 38.9. The van der Waals surface area contributed by atoms with Crippen molar-refractivity contribution in [3.05, 3.63) is 24.3 Å². The summed E-state index contributed by atoms with van der Waals surface area (Å²) in [5, 5.41) is 22.6. The topological polar surface area (TPSA) is 69.6 Å². The van der Waals surface area contributed by atoms with Crippen molar-refractivity contribution >= 4 is 5.91 Å². The molecule has 4 heteroatoms. The van der Waals surface area contributed by atoms with E-state index in [1.807, 2.05) is 6.08 Å². The molecule has 3 N–H and O–H groups in total. The Morgan fingerprint density at radius 2 is 0.975 bits per heavy atom. The average molecular weight is 564 g/mol. The molecule has 0 radical (unpaired) electrons. The highest BCUT2D eigenvalue weighted by Gasteiger charge is 2.17.